The maximum atomic E-state index is 13.2. The summed E-state index contributed by atoms with van der Waals surface area (Å²) >= 11 is 0. The zero-order valence-electron chi connectivity index (χ0n) is 35.4. The highest BCUT2D eigenvalue weighted by Gasteiger charge is 2.26. The maximum absolute atomic E-state index is 13.2. The highest BCUT2D eigenvalue weighted by atomic mass is 16.5. The van der Waals surface area contributed by atoms with Gasteiger partial charge in [-0.1, -0.05) is 67.1 Å². The number of carbonyl (C=O) groups is 2. The van der Waals surface area contributed by atoms with E-state index in [9.17, 15) is 19.8 Å². The van der Waals surface area contributed by atoms with Gasteiger partial charge in [-0.15, -0.1) is 0 Å². The quantitative estimate of drug-likeness (QED) is 0.0382. The number of carbonyl (C=O) groups excluding carboxylic acids is 2. The van der Waals surface area contributed by atoms with E-state index in [4.69, 9.17) is 10.5 Å². The number of Topliss-reactive ketones (excluding diaryl/α,β-unsaturated/α-hetero) is 1. The molecule has 1 fully saturated rings. The van der Waals surface area contributed by atoms with Gasteiger partial charge in [0.15, 0.2) is 17.3 Å². The van der Waals surface area contributed by atoms with Crippen molar-refractivity contribution in [1.29, 1.82) is 0 Å². The second-order valence-corrected chi connectivity index (χ2v) is 16.5. The zero-order valence-corrected chi connectivity index (χ0v) is 35.4. The van der Waals surface area contributed by atoms with Gasteiger partial charge in [-0.3, -0.25) is 9.59 Å². The van der Waals surface area contributed by atoms with Crippen LogP contribution in [0.5, 0.6) is 11.5 Å². The third kappa shape index (κ3) is 15.2. The summed E-state index contributed by atoms with van der Waals surface area (Å²) in [6.45, 7) is 3.31. The van der Waals surface area contributed by atoms with Crippen LogP contribution < -0.4 is 26.4 Å². The Kier molecular flexibility index (Phi) is 18.9. The molecule has 59 heavy (non-hydrogen) atoms. The number of allylic oxidation sites excluding steroid dienone is 3. The van der Waals surface area contributed by atoms with Crippen molar-refractivity contribution in [2.24, 2.45) is 23.5 Å². The molecule has 3 unspecified atom stereocenters. The Morgan fingerprint density at radius 2 is 1.64 bits per heavy atom. The third-order valence-corrected chi connectivity index (χ3v) is 12.1. The molecule has 2 aliphatic heterocycles. The molecule has 3 atom stereocenters. The Hall–Kier alpha value is -4.54. The molecule has 0 amide bonds. The number of aromatic hydroxyl groups is 1. The van der Waals surface area contributed by atoms with Crippen LogP contribution in [-0.4, -0.2) is 68.3 Å². The van der Waals surface area contributed by atoms with Crippen LogP contribution in [0.25, 0.3) is 6.08 Å². The normalized spacial score (nSPS) is 16.9. The van der Waals surface area contributed by atoms with Gasteiger partial charge >= 0.3 is 0 Å². The lowest BCUT2D eigenvalue weighted by Gasteiger charge is -2.33. The standard InChI is InChI=1S/C50H68N4O5/c1-52-34-44(40-22-24-53-25-23-40)28-37(14-8-26-55)13-7-15-46(56)33-47(57)21-20-41-31-49(59-2)48(58)30-43(41)29-45-35-54-50(51)32-42(45)19-18-39-12-6-11-38(27-39)17-16-36-9-4-3-5-10-36/h3-6,9-12,20-21,27,30-32,35,37,40,44,50,52-55,58H,7-8,13-19,22-26,28-29,33-34,51H2,1-2H3. The summed E-state index contributed by atoms with van der Waals surface area (Å²) < 4.78 is 5.44. The predicted molar refractivity (Wildman–Crippen MR) is 239 cm³/mol. The van der Waals surface area contributed by atoms with Crippen LogP contribution in [0.2, 0.25) is 0 Å². The minimum Gasteiger partial charge on any atom is -0.504 e. The summed E-state index contributed by atoms with van der Waals surface area (Å²) in [5, 5.41) is 30.5. The van der Waals surface area contributed by atoms with Gasteiger partial charge in [0.1, 0.15) is 5.78 Å². The van der Waals surface area contributed by atoms with E-state index >= 15 is 0 Å². The predicted octanol–water partition coefficient (Wildman–Crippen LogP) is 7.39. The molecule has 0 aromatic heterocycles. The van der Waals surface area contributed by atoms with Crippen molar-refractivity contribution in [2.75, 3.05) is 40.4 Å². The number of aliphatic hydroxyl groups is 1. The number of ether oxygens (including phenoxy) is 1. The molecule has 9 heteroatoms. The van der Waals surface area contributed by atoms with E-state index in [1.165, 1.54) is 42.7 Å². The fourth-order valence-electron chi connectivity index (χ4n) is 8.85. The topological polar surface area (TPSA) is 146 Å². The number of dihydropyridines is 1. The molecule has 2 aliphatic rings. The van der Waals surface area contributed by atoms with E-state index in [0.717, 1.165) is 99.7 Å². The fourth-order valence-corrected chi connectivity index (χ4v) is 8.85. The minimum atomic E-state index is -0.300. The number of nitrogens with one attached hydrogen (secondary N) is 3. The van der Waals surface area contributed by atoms with Gasteiger partial charge in [-0.05, 0) is 178 Å². The number of aliphatic hydroxyl groups excluding tert-OH is 1. The molecule has 5 rings (SSSR count). The van der Waals surface area contributed by atoms with E-state index < -0.39 is 0 Å². The van der Waals surface area contributed by atoms with Crippen molar-refractivity contribution >= 4 is 17.6 Å². The first-order chi connectivity index (χ1) is 28.7. The molecule has 0 saturated carbocycles. The first kappa shape index (κ1) is 45.5. The smallest absolute Gasteiger partial charge is 0.163 e. The van der Waals surface area contributed by atoms with Crippen molar-refractivity contribution in [3.63, 3.8) is 0 Å². The van der Waals surface area contributed by atoms with E-state index in [0.29, 0.717) is 36.3 Å². The van der Waals surface area contributed by atoms with Crippen LogP contribution in [0.15, 0.2) is 96.2 Å². The number of methoxy groups -OCH3 is 1. The number of aryl methyl sites for hydroxylation is 3. The van der Waals surface area contributed by atoms with Crippen molar-refractivity contribution < 1.29 is 24.5 Å². The summed E-state index contributed by atoms with van der Waals surface area (Å²) in [6.07, 6.45) is 18.2. The number of rotatable bonds is 25. The van der Waals surface area contributed by atoms with Crippen LogP contribution in [0.3, 0.4) is 0 Å². The highest BCUT2D eigenvalue weighted by Crippen LogP contribution is 2.34. The van der Waals surface area contributed by atoms with Crippen LogP contribution in [0, 0.1) is 17.8 Å². The Morgan fingerprint density at radius 3 is 2.37 bits per heavy atom. The Morgan fingerprint density at radius 1 is 0.932 bits per heavy atom. The lowest BCUT2D eigenvalue weighted by Crippen LogP contribution is -2.36. The molecule has 3 aromatic rings. The zero-order chi connectivity index (χ0) is 41.8. The molecule has 0 spiro atoms. The molecule has 2 heterocycles. The number of hydrogen-bond acceptors (Lipinski definition) is 9. The number of phenolic OH excluding ortho intramolecular Hbond substituents is 1. The van der Waals surface area contributed by atoms with Crippen molar-refractivity contribution in [3.05, 3.63) is 124 Å². The Labute approximate surface area is 352 Å². The largest absolute Gasteiger partial charge is 0.504 e. The van der Waals surface area contributed by atoms with E-state index in [1.54, 1.807) is 18.2 Å². The lowest BCUT2D eigenvalue weighted by atomic mass is 9.77. The second kappa shape index (κ2) is 24.5. The first-order valence-electron chi connectivity index (χ1n) is 21.9. The summed E-state index contributed by atoms with van der Waals surface area (Å²) in [5.74, 6) is 1.75. The van der Waals surface area contributed by atoms with Gasteiger partial charge < -0.3 is 36.6 Å². The molecule has 1 saturated heterocycles. The molecular formula is C50H68N4O5. The van der Waals surface area contributed by atoms with Gasteiger partial charge in [0, 0.05) is 19.2 Å². The molecule has 0 radical (unpaired) electrons. The van der Waals surface area contributed by atoms with Crippen LogP contribution in [0.4, 0.5) is 0 Å². The average molecular weight is 805 g/mol. The van der Waals surface area contributed by atoms with E-state index in [1.807, 2.05) is 19.3 Å². The lowest BCUT2D eigenvalue weighted by molar-refractivity contribution is -0.124. The van der Waals surface area contributed by atoms with Crippen LogP contribution >= 0.6 is 0 Å². The van der Waals surface area contributed by atoms with Gasteiger partial charge in [0.2, 0.25) is 0 Å². The Bertz CT molecular complexity index is 1870. The molecule has 3 aromatic carbocycles. The SMILES string of the molecule is CNCC(CC(CCCO)CCCC(=O)CC(=O)C=Cc1cc(OC)c(O)cc1CC1=CNC(N)C=C1CCc1cccc(CCc2ccccc2)c1)C1CCNCC1. The number of hydrogen-bond donors (Lipinski definition) is 6. The third-order valence-electron chi connectivity index (χ3n) is 12.1. The number of benzene rings is 3. The molecule has 0 aliphatic carbocycles. The maximum Gasteiger partial charge on any atom is 0.163 e. The molecule has 318 valence electrons. The second-order valence-electron chi connectivity index (χ2n) is 16.5. The van der Waals surface area contributed by atoms with Crippen LogP contribution in [0.1, 0.15) is 92.0 Å². The summed E-state index contributed by atoms with van der Waals surface area (Å²) in [5.41, 5.74) is 14.0. The Balaban J connectivity index is 1.17. The molecule has 9 nitrogen and oxygen atoms in total. The summed E-state index contributed by atoms with van der Waals surface area (Å²) in [6, 6.07) is 22.8. The van der Waals surface area contributed by atoms with Crippen molar-refractivity contribution in [3.8, 4) is 11.5 Å². The highest BCUT2D eigenvalue weighted by molar-refractivity contribution is 6.06. The average Bonchev–Trinajstić information content (AvgIpc) is 3.25. The van der Waals surface area contributed by atoms with Crippen LogP contribution in [-0.2, 0) is 35.3 Å². The first-order valence-corrected chi connectivity index (χ1v) is 21.9. The van der Waals surface area contributed by atoms with E-state index in [2.05, 4.69) is 70.6 Å². The van der Waals surface area contributed by atoms with Gasteiger partial charge in [0.25, 0.3) is 0 Å². The number of nitrogens with two attached hydrogens (primary N) is 1. The van der Waals surface area contributed by atoms with Gasteiger partial charge in [0.05, 0.1) is 19.7 Å². The molecule has 0 bridgehead atoms. The summed E-state index contributed by atoms with van der Waals surface area (Å²) in [7, 11) is 3.52. The van der Waals surface area contributed by atoms with Crippen molar-refractivity contribution in [2.45, 2.75) is 96.1 Å². The fraction of sp³-hybridized carbons (Fsp3) is 0.480. The molecule has 7 N–H and O–H groups in total. The summed E-state index contributed by atoms with van der Waals surface area (Å²) in [4.78, 5) is 26.2. The van der Waals surface area contributed by atoms with Gasteiger partial charge in [-0.2, -0.15) is 0 Å². The van der Waals surface area contributed by atoms with Crippen molar-refractivity contribution in [1.82, 2.24) is 16.0 Å². The number of phenols is 1. The van der Waals surface area contributed by atoms with Gasteiger partial charge in [-0.25, -0.2) is 0 Å². The minimum absolute atomic E-state index is 0.0189. The van der Waals surface area contributed by atoms with E-state index in [-0.39, 0.29) is 36.5 Å². The number of piperidine rings is 1. The molecular weight excluding hydrogens is 737 g/mol. The monoisotopic (exact) mass is 805 g/mol. The number of ketones is 2.